The van der Waals surface area contributed by atoms with Crippen molar-refractivity contribution in [2.75, 3.05) is 17.2 Å². The molecular weight excluding hydrogens is 318 g/mol. The van der Waals surface area contributed by atoms with Gasteiger partial charge in [0.15, 0.2) is 6.61 Å². The highest BCUT2D eigenvalue weighted by Gasteiger charge is 2.25. The van der Waals surface area contributed by atoms with Crippen LogP contribution in [0.25, 0.3) is 0 Å². The average Bonchev–Trinajstić information content (AvgIpc) is 2.50. The number of hydrogen-bond acceptors (Lipinski definition) is 4. The first-order valence-corrected chi connectivity index (χ1v) is 8.22. The van der Waals surface area contributed by atoms with Gasteiger partial charge < -0.3 is 21.1 Å². The van der Waals surface area contributed by atoms with Gasteiger partial charge in [0, 0.05) is 18.5 Å². The number of rotatable bonds is 3. The number of carbonyl (C=O) groups excluding carboxylic acids is 2. The molecule has 3 rings (SSSR count). The molecule has 23 heavy (non-hydrogen) atoms. The molecule has 1 aromatic carbocycles. The number of hydrogen-bond donors (Lipinski definition) is 3. The summed E-state index contributed by atoms with van der Waals surface area (Å²) >= 11 is 6.18. The molecule has 0 bridgehead atoms. The van der Waals surface area contributed by atoms with Crippen molar-refractivity contribution < 1.29 is 14.3 Å². The molecule has 7 heteroatoms. The zero-order valence-electron chi connectivity index (χ0n) is 12.7. The molecule has 1 fully saturated rings. The fourth-order valence-electron chi connectivity index (χ4n) is 3.13. The van der Waals surface area contributed by atoms with Gasteiger partial charge in [0.2, 0.25) is 5.91 Å². The number of nitrogens with two attached hydrogens (primary N) is 1. The van der Waals surface area contributed by atoms with Crippen LogP contribution in [0.1, 0.15) is 32.1 Å². The largest absolute Gasteiger partial charge is 0.482 e. The third kappa shape index (κ3) is 3.76. The molecule has 0 aromatic heterocycles. The first-order chi connectivity index (χ1) is 11.0. The van der Waals surface area contributed by atoms with Gasteiger partial charge in [-0.1, -0.05) is 24.4 Å². The number of benzene rings is 1. The lowest BCUT2D eigenvalue weighted by atomic mass is 9.83. The maximum atomic E-state index is 12.3. The van der Waals surface area contributed by atoms with Crippen molar-refractivity contribution in [3.63, 3.8) is 0 Å². The van der Waals surface area contributed by atoms with Crippen molar-refractivity contribution in [1.82, 2.24) is 0 Å². The zero-order chi connectivity index (χ0) is 16.4. The smallest absolute Gasteiger partial charge is 0.262 e. The first-order valence-electron chi connectivity index (χ1n) is 7.84. The molecule has 1 aromatic rings. The molecule has 0 radical (unpaired) electrons. The maximum absolute atomic E-state index is 12.3. The second-order valence-corrected chi connectivity index (χ2v) is 6.53. The number of fused-ring (bicyclic) bond motifs is 1. The zero-order valence-corrected chi connectivity index (χ0v) is 13.5. The van der Waals surface area contributed by atoms with E-state index in [0.29, 0.717) is 28.6 Å². The van der Waals surface area contributed by atoms with Crippen LogP contribution < -0.4 is 21.1 Å². The summed E-state index contributed by atoms with van der Waals surface area (Å²) < 4.78 is 5.34. The summed E-state index contributed by atoms with van der Waals surface area (Å²) in [7, 11) is 0. The number of halogens is 1. The molecule has 2 aliphatic rings. The van der Waals surface area contributed by atoms with E-state index >= 15 is 0 Å². The lowest BCUT2D eigenvalue weighted by Gasteiger charge is -2.28. The summed E-state index contributed by atoms with van der Waals surface area (Å²) in [6.45, 7) is -0.0427. The number of carbonyl (C=O) groups is 2. The molecule has 6 nitrogen and oxygen atoms in total. The average molecular weight is 338 g/mol. The minimum Gasteiger partial charge on any atom is -0.482 e. The van der Waals surface area contributed by atoms with Crippen molar-refractivity contribution in [2.24, 2.45) is 11.7 Å². The predicted molar refractivity (Wildman–Crippen MR) is 88.8 cm³/mol. The van der Waals surface area contributed by atoms with E-state index in [0.717, 1.165) is 25.7 Å². The van der Waals surface area contributed by atoms with Gasteiger partial charge in [0.25, 0.3) is 5.91 Å². The SMILES string of the molecule is NC1CCCCC1CC(=O)Nc1cc2c(cc1Cl)NC(=O)CO2. The molecule has 124 valence electrons. The Bertz CT molecular complexity index is 635. The van der Waals surface area contributed by atoms with Gasteiger partial charge in [-0.2, -0.15) is 0 Å². The van der Waals surface area contributed by atoms with E-state index in [9.17, 15) is 9.59 Å². The van der Waals surface area contributed by atoms with Crippen molar-refractivity contribution >= 4 is 34.8 Å². The van der Waals surface area contributed by atoms with E-state index in [2.05, 4.69) is 10.6 Å². The molecular formula is C16H20ClN3O3. The van der Waals surface area contributed by atoms with Crippen LogP contribution in [-0.2, 0) is 9.59 Å². The van der Waals surface area contributed by atoms with Gasteiger partial charge in [0.05, 0.1) is 16.4 Å². The highest BCUT2D eigenvalue weighted by atomic mass is 35.5. The van der Waals surface area contributed by atoms with Crippen molar-refractivity contribution in [2.45, 2.75) is 38.1 Å². The minimum absolute atomic E-state index is 0.0427. The Morgan fingerprint density at radius 2 is 2.17 bits per heavy atom. The summed E-state index contributed by atoms with van der Waals surface area (Å²) in [5.41, 5.74) is 7.08. The number of nitrogens with one attached hydrogen (secondary N) is 2. The van der Waals surface area contributed by atoms with Crippen molar-refractivity contribution in [3.05, 3.63) is 17.2 Å². The van der Waals surface area contributed by atoms with Gasteiger partial charge in [-0.3, -0.25) is 9.59 Å². The monoisotopic (exact) mass is 337 g/mol. The molecule has 1 heterocycles. The Kier molecular flexibility index (Phi) is 4.73. The van der Waals surface area contributed by atoms with E-state index in [-0.39, 0.29) is 30.4 Å². The Balaban J connectivity index is 1.67. The fraction of sp³-hybridized carbons (Fsp3) is 0.500. The van der Waals surface area contributed by atoms with Gasteiger partial charge in [-0.15, -0.1) is 0 Å². The van der Waals surface area contributed by atoms with Crippen molar-refractivity contribution in [3.8, 4) is 5.75 Å². The molecule has 0 saturated heterocycles. The Labute approximate surface area is 139 Å². The van der Waals surface area contributed by atoms with E-state index < -0.39 is 0 Å². The molecule has 1 aliphatic heterocycles. The quantitative estimate of drug-likeness (QED) is 0.790. The van der Waals surface area contributed by atoms with Crippen LogP contribution in [0.15, 0.2) is 12.1 Å². The molecule has 1 aliphatic carbocycles. The molecule has 4 N–H and O–H groups in total. The highest BCUT2D eigenvalue weighted by molar-refractivity contribution is 6.34. The molecule has 2 unspecified atom stereocenters. The molecule has 2 amide bonds. The lowest BCUT2D eigenvalue weighted by molar-refractivity contribution is -0.119. The maximum Gasteiger partial charge on any atom is 0.262 e. The van der Waals surface area contributed by atoms with Crippen LogP contribution in [-0.4, -0.2) is 24.5 Å². The second kappa shape index (κ2) is 6.76. The first kappa shape index (κ1) is 16.1. The number of anilines is 2. The number of amides is 2. The van der Waals surface area contributed by atoms with Crippen LogP contribution >= 0.6 is 11.6 Å². The summed E-state index contributed by atoms with van der Waals surface area (Å²) in [6, 6.07) is 3.30. The van der Waals surface area contributed by atoms with Gasteiger partial charge in [-0.25, -0.2) is 0 Å². The topological polar surface area (TPSA) is 93.5 Å². The van der Waals surface area contributed by atoms with Crippen LogP contribution in [0.4, 0.5) is 11.4 Å². The summed E-state index contributed by atoms with van der Waals surface area (Å²) in [6.07, 6.45) is 4.62. The van der Waals surface area contributed by atoms with E-state index in [1.807, 2.05) is 0 Å². The fourth-order valence-corrected chi connectivity index (χ4v) is 3.34. The highest BCUT2D eigenvalue weighted by Crippen LogP contribution is 2.36. The van der Waals surface area contributed by atoms with Gasteiger partial charge in [0.1, 0.15) is 5.75 Å². The Morgan fingerprint density at radius 1 is 1.39 bits per heavy atom. The molecule has 1 saturated carbocycles. The summed E-state index contributed by atoms with van der Waals surface area (Å²) in [4.78, 5) is 23.6. The van der Waals surface area contributed by atoms with Crippen LogP contribution in [0.5, 0.6) is 5.75 Å². The second-order valence-electron chi connectivity index (χ2n) is 6.13. The van der Waals surface area contributed by atoms with E-state index in [4.69, 9.17) is 22.1 Å². The molecule has 0 spiro atoms. The summed E-state index contributed by atoms with van der Waals surface area (Å²) in [5.74, 6) is 0.389. The van der Waals surface area contributed by atoms with Crippen LogP contribution in [0.3, 0.4) is 0 Å². The van der Waals surface area contributed by atoms with Crippen LogP contribution in [0, 0.1) is 5.92 Å². The normalized spacial score (nSPS) is 23.5. The van der Waals surface area contributed by atoms with E-state index in [1.54, 1.807) is 12.1 Å². The third-order valence-electron chi connectivity index (χ3n) is 4.39. The number of ether oxygens (including phenoxy) is 1. The summed E-state index contributed by atoms with van der Waals surface area (Å²) in [5, 5.41) is 5.85. The van der Waals surface area contributed by atoms with Gasteiger partial charge in [-0.05, 0) is 24.8 Å². The van der Waals surface area contributed by atoms with E-state index in [1.165, 1.54) is 0 Å². The minimum atomic E-state index is -0.225. The van der Waals surface area contributed by atoms with Gasteiger partial charge >= 0.3 is 0 Å². The Hall–Kier alpha value is -1.79. The molecule has 2 atom stereocenters. The predicted octanol–water partition coefficient (Wildman–Crippen LogP) is 2.52. The van der Waals surface area contributed by atoms with Crippen molar-refractivity contribution in [1.29, 1.82) is 0 Å². The Morgan fingerprint density at radius 3 is 2.96 bits per heavy atom. The lowest BCUT2D eigenvalue weighted by Crippen LogP contribution is -2.35. The third-order valence-corrected chi connectivity index (χ3v) is 4.70. The standard InChI is InChI=1S/C16H20ClN3O3/c17-10-6-13-14(23-8-16(22)20-13)7-12(10)19-15(21)5-9-3-1-2-4-11(9)18/h6-7,9,11H,1-5,8,18H2,(H,19,21)(H,20,22). The van der Waals surface area contributed by atoms with Crippen LogP contribution in [0.2, 0.25) is 5.02 Å².